The van der Waals surface area contributed by atoms with Gasteiger partial charge in [-0.3, -0.25) is 4.79 Å². The van der Waals surface area contributed by atoms with Crippen LogP contribution in [0.3, 0.4) is 0 Å². The monoisotopic (exact) mass is 494 g/mol. The maximum absolute atomic E-state index is 13.2. The lowest BCUT2D eigenvalue weighted by atomic mass is 9.95. The molecular formula is C27H30N2O5S. The summed E-state index contributed by atoms with van der Waals surface area (Å²) < 4.78 is 32.7. The van der Waals surface area contributed by atoms with E-state index in [1.165, 1.54) is 4.31 Å². The quantitative estimate of drug-likeness (QED) is 0.502. The molecule has 3 aromatic rings. The SMILES string of the molecule is CCOC(=O)[C@H](NC(=O)C1CCN(S(=O)(=O)c2ccc(C)cc2)CC1)c1cccc2ccccc12. The van der Waals surface area contributed by atoms with Crippen molar-refractivity contribution in [3.05, 3.63) is 77.9 Å². The zero-order valence-electron chi connectivity index (χ0n) is 19.9. The topological polar surface area (TPSA) is 92.8 Å². The molecule has 35 heavy (non-hydrogen) atoms. The van der Waals surface area contributed by atoms with E-state index in [0.717, 1.165) is 16.3 Å². The molecule has 0 unspecified atom stereocenters. The lowest BCUT2D eigenvalue weighted by Gasteiger charge is -2.31. The van der Waals surface area contributed by atoms with Crippen molar-refractivity contribution >= 4 is 32.7 Å². The molecule has 0 radical (unpaired) electrons. The van der Waals surface area contributed by atoms with Gasteiger partial charge in [0.1, 0.15) is 0 Å². The van der Waals surface area contributed by atoms with Crippen LogP contribution < -0.4 is 5.32 Å². The van der Waals surface area contributed by atoms with E-state index in [9.17, 15) is 18.0 Å². The number of piperidine rings is 1. The largest absolute Gasteiger partial charge is 0.464 e. The summed E-state index contributed by atoms with van der Waals surface area (Å²) in [6.45, 7) is 4.32. The molecular weight excluding hydrogens is 464 g/mol. The van der Waals surface area contributed by atoms with E-state index in [-0.39, 0.29) is 30.5 Å². The number of ether oxygens (including phenoxy) is 1. The molecule has 1 fully saturated rings. The van der Waals surface area contributed by atoms with Gasteiger partial charge in [0.2, 0.25) is 15.9 Å². The van der Waals surface area contributed by atoms with Crippen molar-refractivity contribution in [2.45, 2.75) is 37.6 Å². The first kappa shape index (κ1) is 24.9. The Kier molecular flexibility index (Phi) is 7.52. The van der Waals surface area contributed by atoms with Gasteiger partial charge in [-0.2, -0.15) is 4.31 Å². The van der Waals surface area contributed by atoms with Crippen LogP contribution in [0.4, 0.5) is 0 Å². The van der Waals surface area contributed by atoms with E-state index < -0.39 is 28.0 Å². The molecule has 1 atom stereocenters. The molecule has 1 heterocycles. The van der Waals surface area contributed by atoms with Gasteiger partial charge in [-0.15, -0.1) is 0 Å². The fourth-order valence-electron chi connectivity index (χ4n) is 4.47. The Bertz CT molecular complexity index is 1310. The summed E-state index contributed by atoms with van der Waals surface area (Å²) in [4.78, 5) is 26.3. The van der Waals surface area contributed by atoms with Gasteiger partial charge in [0, 0.05) is 19.0 Å². The van der Waals surface area contributed by atoms with Gasteiger partial charge in [-0.1, -0.05) is 60.2 Å². The van der Waals surface area contributed by atoms with Crippen LogP contribution in [0, 0.1) is 12.8 Å². The molecule has 1 aliphatic rings. The van der Waals surface area contributed by atoms with E-state index in [1.807, 2.05) is 49.4 Å². The minimum Gasteiger partial charge on any atom is -0.464 e. The number of rotatable bonds is 7. The highest BCUT2D eigenvalue weighted by atomic mass is 32.2. The fraction of sp³-hybridized carbons (Fsp3) is 0.333. The molecule has 1 saturated heterocycles. The molecule has 0 aliphatic carbocycles. The number of hydrogen-bond donors (Lipinski definition) is 1. The van der Waals surface area contributed by atoms with Gasteiger partial charge < -0.3 is 10.1 Å². The maximum atomic E-state index is 13.2. The van der Waals surface area contributed by atoms with Crippen LogP contribution in [0.2, 0.25) is 0 Å². The van der Waals surface area contributed by atoms with Crippen LogP contribution in [-0.4, -0.2) is 44.3 Å². The van der Waals surface area contributed by atoms with Gasteiger partial charge >= 0.3 is 5.97 Å². The van der Waals surface area contributed by atoms with Gasteiger partial charge in [0.25, 0.3) is 0 Å². The van der Waals surface area contributed by atoms with Crippen molar-refractivity contribution in [3.63, 3.8) is 0 Å². The third-order valence-electron chi connectivity index (χ3n) is 6.43. The number of carbonyl (C=O) groups excluding carboxylic acids is 2. The average molecular weight is 495 g/mol. The first-order valence-electron chi connectivity index (χ1n) is 11.8. The fourth-order valence-corrected chi connectivity index (χ4v) is 5.94. The van der Waals surface area contributed by atoms with Crippen molar-refractivity contribution in [1.82, 2.24) is 9.62 Å². The molecule has 1 amide bonds. The lowest BCUT2D eigenvalue weighted by Crippen LogP contribution is -2.45. The van der Waals surface area contributed by atoms with Gasteiger partial charge in [-0.25, -0.2) is 13.2 Å². The van der Waals surface area contributed by atoms with Crippen LogP contribution >= 0.6 is 0 Å². The highest BCUT2D eigenvalue weighted by molar-refractivity contribution is 7.89. The van der Waals surface area contributed by atoms with E-state index >= 15 is 0 Å². The van der Waals surface area contributed by atoms with Crippen molar-refractivity contribution < 1.29 is 22.7 Å². The number of sulfonamides is 1. The Balaban J connectivity index is 1.48. The Hall–Kier alpha value is -3.23. The number of hydrogen-bond acceptors (Lipinski definition) is 5. The first-order chi connectivity index (χ1) is 16.8. The number of amides is 1. The normalized spacial score (nSPS) is 16.1. The predicted molar refractivity (Wildman–Crippen MR) is 134 cm³/mol. The van der Waals surface area contributed by atoms with E-state index in [2.05, 4.69) is 5.32 Å². The smallest absolute Gasteiger partial charge is 0.333 e. The number of esters is 1. The highest BCUT2D eigenvalue weighted by Crippen LogP contribution is 2.28. The zero-order valence-corrected chi connectivity index (χ0v) is 20.8. The van der Waals surface area contributed by atoms with Gasteiger partial charge in [-0.05, 0) is 55.2 Å². The summed E-state index contributed by atoms with van der Waals surface area (Å²) in [5, 5.41) is 4.72. The summed E-state index contributed by atoms with van der Waals surface area (Å²) in [6.07, 6.45) is 0.754. The Morgan fingerprint density at radius 3 is 2.34 bits per heavy atom. The second-order valence-corrected chi connectivity index (χ2v) is 10.7. The molecule has 1 aliphatic heterocycles. The third-order valence-corrected chi connectivity index (χ3v) is 8.34. The van der Waals surface area contributed by atoms with Crippen molar-refractivity contribution in [1.29, 1.82) is 0 Å². The highest BCUT2D eigenvalue weighted by Gasteiger charge is 2.34. The van der Waals surface area contributed by atoms with Gasteiger partial charge in [0.05, 0.1) is 11.5 Å². The first-order valence-corrected chi connectivity index (χ1v) is 13.3. The summed E-state index contributed by atoms with van der Waals surface area (Å²) in [6, 6.07) is 19.1. The minimum atomic E-state index is -3.61. The standard InChI is InChI=1S/C27H30N2O5S/c1-3-34-27(31)25(24-10-6-8-20-7-4-5-9-23(20)24)28-26(30)21-15-17-29(18-16-21)35(32,33)22-13-11-19(2)12-14-22/h4-14,21,25H,3,15-18H2,1-2H3,(H,28,30)/t25-/m1/s1. The molecule has 1 N–H and O–H groups in total. The predicted octanol–water partition coefficient (Wildman–Crippen LogP) is 3.97. The van der Waals surface area contributed by atoms with Crippen LogP contribution in [0.15, 0.2) is 71.6 Å². The summed E-state index contributed by atoms with van der Waals surface area (Å²) in [7, 11) is -3.61. The molecule has 0 aromatic heterocycles. The lowest BCUT2D eigenvalue weighted by molar-refractivity contribution is -0.148. The number of nitrogens with zero attached hydrogens (tertiary/aromatic N) is 1. The number of aryl methyl sites for hydroxylation is 1. The second kappa shape index (κ2) is 10.6. The van der Waals surface area contributed by atoms with Crippen LogP contribution in [-0.2, 0) is 24.3 Å². The number of benzene rings is 3. The second-order valence-electron chi connectivity index (χ2n) is 8.75. The van der Waals surface area contributed by atoms with Gasteiger partial charge in [0.15, 0.2) is 6.04 Å². The minimum absolute atomic E-state index is 0.200. The summed E-state index contributed by atoms with van der Waals surface area (Å²) >= 11 is 0. The molecule has 8 heteroatoms. The molecule has 3 aromatic carbocycles. The van der Waals surface area contributed by atoms with E-state index in [0.29, 0.717) is 18.4 Å². The van der Waals surface area contributed by atoms with Crippen molar-refractivity contribution in [3.8, 4) is 0 Å². The molecule has 0 spiro atoms. The van der Waals surface area contributed by atoms with Crippen LogP contribution in [0.5, 0.6) is 0 Å². The van der Waals surface area contributed by atoms with Crippen LogP contribution in [0.1, 0.15) is 36.9 Å². The Labute approximate surface area is 206 Å². The Morgan fingerprint density at radius 1 is 1.00 bits per heavy atom. The summed E-state index contributed by atoms with van der Waals surface area (Å²) in [5.74, 6) is -1.19. The summed E-state index contributed by atoms with van der Waals surface area (Å²) in [5.41, 5.74) is 1.66. The number of nitrogens with one attached hydrogen (secondary N) is 1. The molecule has 184 valence electrons. The van der Waals surface area contributed by atoms with Crippen molar-refractivity contribution in [2.75, 3.05) is 19.7 Å². The van der Waals surface area contributed by atoms with E-state index in [1.54, 1.807) is 31.2 Å². The maximum Gasteiger partial charge on any atom is 0.333 e. The average Bonchev–Trinajstić information content (AvgIpc) is 2.87. The molecule has 0 bridgehead atoms. The molecule has 7 nitrogen and oxygen atoms in total. The molecule has 0 saturated carbocycles. The van der Waals surface area contributed by atoms with E-state index in [4.69, 9.17) is 4.74 Å². The number of carbonyl (C=O) groups is 2. The molecule has 4 rings (SSSR count). The van der Waals surface area contributed by atoms with Crippen molar-refractivity contribution in [2.24, 2.45) is 5.92 Å². The Morgan fingerprint density at radius 2 is 1.66 bits per heavy atom. The number of fused-ring (bicyclic) bond motifs is 1. The van der Waals surface area contributed by atoms with Crippen LogP contribution in [0.25, 0.3) is 10.8 Å². The zero-order chi connectivity index (χ0) is 25.0. The third kappa shape index (κ3) is 5.39.